The third-order valence-corrected chi connectivity index (χ3v) is 4.74. The molecule has 0 aliphatic heterocycles. The van der Waals surface area contributed by atoms with Crippen LogP contribution in [0, 0.1) is 0 Å². The lowest BCUT2D eigenvalue weighted by atomic mass is 10.1. The number of aliphatic carboxylic acids is 3. The Morgan fingerprint density at radius 1 is 0.971 bits per heavy atom. The van der Waals surface area contributed by atoms with Crippen LogP contribution < -0.4 is 16.0 Å². The first-order valence-electron chi connectivity index (χ1n) is 11.0. The van der Waals surface area contributed by atoms with Gasteiger partial charge in [-0.2, -0.15) is 0 Å². The number of rotatable bonds is 17. The van der Waals surface area contributed by atoms with E-state index in [-0.39, 0.29) is 25.2 Å². The van der Waals surface area contributed by atoms with Gasteiger partial charge in [0.2, 0.25) is 5.91 Å². The fourth-order valence-electron chi connectivity index (χ4n) is 2.96. The van der Waals surface area contributed by atoms with Gasteiger partial charge in [0, 0.05) is 38.5 Å². The van der Waals surface area contributed by atoms with Gasteiger partial charge >= 0.3 is 23.9 Å². The number of nitrogens with one attached hydrogen (secondary N) is 3. The molecule has 14 nitrogen and oxygen atoms in total. The molecule has 1 aromatic rings. The third kappa shape index (κ3) is 11.8. The number of nitrogens with zero attached hydrogens (tertiary/aromatic N) is 3. The number of aryl methyl sites for hydroxylation is 2. The van der Waals surface area contributed by atoms with Gasteiger partial charge in [-0.3, -0.25) is 14.3 Å². The van der Waals surface area contributed by atoms with Crippen molar-refractivity contribution in [2.45, 2.75) is 76.9 Å². The van der Waals surface area contributed by atoms with E-state index in [0.717, 1.165) is 18.7 Å². The maximum atomic E-state index is 12.0. The van der Waals surface area contributed by atoms with Crippen molar-refractivity contribution in [1.82, 2.24) is 30.9 Å². The number of carboxylic acids is 3. The number of hydrogen-bond acceptors (Lipinski definition) is 7. The van der Waals surface area contributed by atoms with E-state index < -0.39 is 42.4 Å². The molecule has 0 aromatic carbocycles. The molecule has 0 radical (unpaired) electrons. The van der Waals surface area contributed by atoms with Gasteiger partial charge in [0.1, 0.15) is 12.1 Å². The lowest BCUT2D eigenvalue weighted by molar-refractivity contribution is -0.140. The zero-order chi connectivity index (χ0) is 25.5. The fourth-order valence-corrected chi connectivity index (χ4v) is 2.96. The van der Waals surface area contributed by atoms with Gasteiger partial charge in [-0.05, 0) is 32.1 Å². The first-order valence-corrected chi connectivity index (χ1v) is 11.0. The third-order valence-electron chi connectivity index (χ3n) is 4.74. The summed E-state index contributed by atoms with van der Waals surface area (Å²) in [6, 6.07) is -3.75. The summed E-state index contributed by atoms with van der Waals surface area (Å²) in [6.45, 7) is 3.12. The van der Waals surface area contributed by atoms with Crippen molar-refractivity contribution < 1.29 is 39.3 Å². The largest absolute Gasteiger partial charge is 0.481 e. The quantitative estimate of drug-likeness (QED) is 0.162. The van der Waals surface area contributed by atoms with E-state index >= 15 is 0 Å². The molecule has 0 saturated carbocycles. The van der Waals surface area contributed by atoms with Crippen molar-refractivity contribution in [1.29, 1.82) is 0 Å². The average Bonchev–Trinajstić information content (AvgIpc) is 3.21. The van der Waals surface area contributed by atoms with E-state index in [1.807, 2.05) is 6.92 Å². The highest BCUT2D eigenvalue weighted by Gasteiger charge is 2.24. The minimum absolute atomic E-state index is 0.0615. The van der Waals surface area contributed by atoms with Crippen LogP contribution in [0.25, 0.3) is 0 Å². The topological polar surface area (TPSA) is 213 Å². The second kappa shape index (κ2) is 15.2. The number of unbranched alkanes of at least 4 members (excludes halogenated alkanes) is 1. The monoisotopic (exact) mass is 484 g/mol. The molecule has 0 saturated heterocycles. The molecule has 0 bridgehead atoms. The maximum Gasteiger partial charge on any atom is 0.326 e. The molecule has 0 fully saturated rings. The van der Waals surface area contributed by atoms with Crippen LogP contribution in [0.5, 0.6) is 0 Å². The first-order chi connectivity index (χ1) is 16.1. The van der Waals surface area contributed by atoms with E-state index in [2.05, 4.69) is 26.3 Å². The average molecular weight is 485 g/mol. The number of hydrogen-bond donors (Lipinski definition) is 6. The van der Waals surface area contributed by atoms with Crippen LogP contribution >= 0.6 is 0 Å². The highest BCUT2D eigenvalue weighted by Crippen LogP contribution is 2.04. The molecular formula is C20H32N6O8. The van der Waals surface area contributed by atoms with Crippen LogP contribution in [-0.4, -0.2) is 78.8 Å². The molecular weight excluding hydrogens is 452 g/mol. The van der Waals surface area contributed by atoms with Gasteiger partial charge in [0.15, 0.2) is 0 Å². The van der Waals surface area contributed by atoms with E-state index in [9.17, 15) is 29.1 Å². The highest BCUT2D eigenvalue weighted by molar-refractivity contribution is 5.86. The van der Waals surface area contributed by atoms with Gasteiger partial charge < -0.3 is 31.3 Å². The Labute approximate surface area is 196 Å². The molecule has 14 heteroatoms. The minimum atomic E-state index is -1.46. The summed E-state index contributed by atoms with van der Waals surface area (Å²) >= 11 is 0. The summed E-state index contributed by atoms with van der Waals surface area (Å²) in [5, 5.41) is 41.9. The van der Waals surface area contributed by atoms with Crippen molar-refractivity contribution in [2.24, 2.45) is 0 Å². The van der Waals surface area contributed by atoms with Gasteiger partial charge in [-0.25, -0.2) is 14.4 Å². The predicted octanol–water partition coefficient (Wildman–Crippen LogP) is -0.0224. The van der Waals surface area contributed by atoms with Crippen LogP contribution in [-0.2, 0) is 32.1 Å². The van der Waals surface area contributed by atoms with Gasteiger partial charge in [0.25, 0.3) is 0 Å². The summed E-state index contributed by atoms with van der Waals surface area (Å²) in [7, 11) is 0. The summed E-state index contributed by atoms with van der Waals surface area (Å²) in [5.74, 6) is -4.11. The van der Waals surface area contributed by atoms with Crippen LogP contribution in [0.15, 0.2) is 6.20 Å². The minimum Gasteiger partial charge on any atom is -0.481 e. The predicted molar refractivity (Wildman–Crippen MR) is 117 cm³/mol. The smallest absolute Gasteiger partial charge is 0.326 e. The number of carbonyl (C=O) groups excluding carboxylic acids is 2. The Morgan fingerprint density at radius 3 is 2.21 bits per heavy atom. The lowest BCUT2D eigenvalue weighted by Crippen LogP contribution is -2.51. The van der Waals surface area contributed by atoms with E-state index in [0.29, 0.717) is 25.8 Å². The molecule has 1 heterocycles. The van der Waals surface area contributed by atoms with Crippen LogP contribution in [0.2, 0.25) is 0 Å². The molecule has 190 valence electrons. The normalized spacial score (nSPS) is 12.4. The molecule has 0 spiro atoms. The Morgan fingerprint density at radius 2 is 1.62 bits per heavy atom. The fraction of sp³-hybridized carbons (Fsp3) is 0.650. The Kier molecular flexibility index (Phi) is 12.6. The highest BCUT2D eigenvalue weighted by atomic mass is 16.4. The van der Waals surface area contributed by atoms with Crippen molar-refractivity contribution in [2.75, 3.05) is 6.54 Å². The SMILES string of the molecule is CCCn1cc(CCC(=O)NCCCC[C@H](NC(=O)N[C@@H](CCC(=O)O)C(=O)O)C(=O)O)nn1. The van der Waals surface area contributed by atoms with Crippen molar-refractivity contribution in [3.05, 3.63) is 11.9 Å². The molecule has 1 rings (SSSR count). The number of amides is 3. The van der Waals surface area contributed by atoms with Crippen LogP contribution in [0.1, 0.15) is 57.6 Å². The van der Waals surface area contributed by atoms with E-state index in [1.165, 1.54) is 0 Å². The number of carbonyl (C=O) groups is 5. The summed E-state index contributed by atoms with van der Waals surface area (Å²) < 4.78 is 1.72. The second-order valence-corrected chi connectivity index (χ2v) is 7.65. The molecule has 34 heavy (non-hydrogen) atoms. The molecule has 0 aliphatic rings. The van der Waals surface area contributed by atoms with E-state index in [1.54, 1.807) is 10.9 Å². The molecule has 3 amide bonds. The Bertz CT molecular complexity index is 843. The summed E-state index contributed by atoms with van der Waals surface area (Å²) in [4.78, 5) is 57.0. The first kappa shape index (κ1) is 28.3. The van der Waals surface area contributed by atoms with Gasteiger partial charge in [-0.1, -0.05) is 12.1 Å². The second-order valence-electron chi connectivity index (χ2n) is 7.65. The zero-order valence-electron chi connectivity index (χ0n) is 19.0. The molecule has 6 N–H and O–H groups in total. The maximum absolute atomic E-state index is 12.0. The van der Waals surface area contributed by atoms with Crippen molar-refractivity contribution in [3.63, 3.8) is 0 Å². The van der Waals surface area contributed by atoms with Crippen LogP contribution in [0.3, 0.4) is 0 Å². The van der Waals surface area contributed by atoms with Crippen molar-refractivity contribution >= 4 is 29.8 Å². The number of urea groups is 1. The van der Waals surface area contributed by atoms with E-state index in [4.69, 9.17) is 10.2 Å². The molecule has 0 aliphatic carbocycles. The van der Waals surface area contributed by atoms with Gasteiger partial charge in [-0.15, -0.1) is 5.10 Å². The molecule has 2 atom stereocenters. The zero-order valence-corrected chi connectivity index (χ0v) is 19.0. The molecule has 0 unspecified atom stereocenters. The van der Waals surface area contributed by atoms with Crippen molar-refractivity contribution in [3.8, 4) is 0 Å². The van der Waals surface area contributed by atoms with Crippen LogP contribution in [0.4, 0.5) is 4.79 Å². The Balaban J connectivity index is 2.31. The summed E-state index contributed by atoms with van der Waals surface area (Å²) in [6.07, 6.45) is 3.55. The number of carboxylic acid groups (broad SMARTS) is 3. The standard InChI is InChI=1S/C20H32N6O8/c1-2-11-26-12-13(24-25-26)6-8-16(27)21-10-4-3-5-14(18(30)31)22-20(34)23-15(19(32)33)7-9-17(28)29/h12,14-15H,2-11H2,1H3,(H,21,27)(H,28,29)(H,30,31)(H,32,33)(H2,22,23,34)/t14-,15-/m0/s1. The summed E-state index contributed by atoms with van der Waals surface area (Å²) in [5.41, 5.74) is 0.727. The number of aromatic nitrogens is 3. The van der Waals surface area contributed by atoms with Gasteiger partial charge in [0.05, 0.1) is 5.69 Å². The lowest BCUT2D eigenvalue weighted by Gasteiger charge is -2.18. The molecule has 1 aromatic heterocycles. The Hall–Kier alpha value is -3.71.